The number of aliphatic hydroxyl groups is 1. The lowest BCUT2D eigenvalue weighted by Crippen LogP contribution is -2.30. The van der Waals surface area contributed by atoms with E-state index in [0.29, 0.717) is 18.9 Å². The van der Waals surface area contributed by atoms with Crippen molar-refractivity contribution < 1.29 is 9.90 Å². The van der Waals surface area contributed by atoms with Crippen LogP contribution < -0.4 is 5.32 Å². The van der Waals surface area contributed by atoms with Crippen LogP contribution in [0.3, 0.4) is 0 Å². The molecular weight excluding hydrogens is 154 g/mol. The highest BCUT2D eigenvalue weighted by Gasteiger charge is 2.07. The van der Waals surface area contributed by atoms with Crippen LogP contribution in [0, 0.1) is 5.92 Å². The minimum absolute atomic E-state index is 0.0574. The van der Waals surface area contributed by atoms with Crippen LogP contribution in [-0.4, -0.2) is 23.7 Å². The van der Waals surface area contributed by atoms with Crippen molar-refractivity contribution in [3.8, 4) is 0 Å². The molecule has 3 heteroatoms. The van der Waals surface area contributed by atoms with Gasteiger partial charge in [0, 0.05) is 6.54 Å². The Balaban J connectivity index is 3.46. The number of rotatable bonds is 5. The Bertz CT molecular complexity index is 134. The van der Waals surface area contributed by atoms with Gasteiger partial charge in [0.25, 0.3) is 0 Å². The van der Waals surface area contributed by atoms with E-state index in [9.17, 15) is 4.79 Å². The summed E-state index contributed by atoms with van der Waals surface area (Å²) < 4.78 is 0. The molecule has 0 heterocycles. The Morgan fingerprint density at radius 1 is 1.50 bits per heavy atom. The molecule has 0 saturated heterocycles. The van der Waals surface area contributed by atoms with Gasteiger partial charge in [-0.3, -0.25) is 4.79 Å². The molecule has 0 aromatic rings. The van der Waals surface area contributed by atoms with E-state index < -0.39 is 6.10 Å². The minimum atomic E-state index is -0.489. The van der Waals surface area contributed by atoms with Gasteiger partial charge in [0.2, 0.25) is 5.91 Å². The molecule has 0 fully saturated rings. The monoisotopic (exact) mass is 173 g/mol. The molecule has 0 rings (SSSR count). The second-order valence-electron chi connectivity index (χ2n) is 3.46. The quantitative estimate of drug-likeness (QED) is 0.649. The summed E-state index contributed by atoms with van der Waals surface area (Å²) >= 11 is 0. The summed E-state index contributed by atoms with van der Waals surface area (Å²) in [7, 11) is 0. The summed E-state index contributed by atoms with van der Waals surface area (Å²) in [5, 5.41) is 11.9. The Morgan fingerprint density at radius 2 is 2.08 bits per heavy atom. The van der Waals surface area contributed by atoms with Crippen LogP contribution >= 0.6 is 0 Å². The van der Waals surface area contributed by atoms with E-state index in [1.807, 2.05) is 20.8 Å². The summed E-state index contributed by atoms with van der Waals surface area (Å²) in [5.41, 5.74) is 0. The molecule has 72 valence electrons. The Hall–Kier alpha value is -0.570. The second kappa shape index (κ2) is 6.00. The highest BCUT2D eigenvalue weighted by atomic mass is 16.3. The molecule has 12 heavy (non-hydrogen) atoms. The van der Waals surface area contributed by atoms with Gasteiger partial charge in [-0.1, -0.05) is 20.8 Å². The van der Waals surface area contributed by atoms with E-state index in [4.69, 9.17) is 5.11 Å². The zero-order chi connectivity index (χ0) is 9.56. The van der Waals surface area contributed by atoms with Gasteiger partial charge in [0.05, 0.1) is 12.5 Å². The maximum Gasteiger partial charge on any atom is 0.222 e. The average Bonchev–Trinajstić information content (AvgIpc) is 2.00. The van der Waals surface area contributed by atoms with Crippen LogP contribution in [0.4, 0.5) is 0 Å². The van der Waals surface area contributed by atoms with Gasteiger partial charge < -0.3 is 10.4 Å². The molecule has 0 spiro atoms. The number of nitrogens with one attached hydrogen (secondary N) is 1. The average molecular weight is 173 g/mol. The van der Waals surface area contributed by atoms with E-state index >= 15 is 0 Å². The fourth-order valence-electron chi connectivity index (χ4n) is 0.748. The fraction of sp³-hybridized carbons (Fsp3) is 0.889. The van der Waals surface area contributed by atoms with E-state index in [1.165, 1.54) is 0 Å². The third kappa shape index (κ3) is 6.16. The maximum absolute atomic E-state index is 11.0. The van der Waals surface area contributed by atoms with Crippen molar-refractivity contribution in [1.82, 2.24) is 5.32 Å². The molecular formula is C9H19NO2. The number of hydrogen-bond acceptors (Lipinski definition) is 2. The number of amides is 1. The topological polar surface area (TPSA) is 49.3 Å². The fourth-order valence-corrected chi connectivity index (χ4v) is 0.748. The summed E-state index contributed by atoms with van der Waals surface area (Å²) in [6.45, 7) is 6.63. The summed E-state index contributed by atoms with van der Waals surface area (Å²) in [6, 6.07) is 0. The van der Waals surface area contributed by atoms with Crippen molar-refractivity contribution in [3.63, 3.8) is 0 Å². The molecule has 2 N–H and O–H groups in total. The van der Waals surface area contributed by atoms with Crippen molar-refractivity contribution in [1.29, 1.82) is 0 Å². The molecule has 0 aliphatic carbocycles. The molecule has 1 atom stereocenters. The minimum Gasteiger partial charge on any atom is -0.393 e. The first-order valence-corrected chi connectivity index (χ1v) is 4.51. The Morgan fingerprint density at radius 3 is 2.50 bits per heavy atom. The molecule has 1 amide bonds. The van der Waals surface area contributed by atoms with Gasteiger partial charge in [0.15, 0.2) is 0 Å². The lowest BCUT2D eigenvalue weighted by Gasteiger charge is -2.09. The molecule has 0 aromatic carbocycles. The number of carbonyl (C=O) groups is 1. The van der Waals surface area contributed by atoms with Crippen molar-refractivity contribution in [2.45, 2.75) is 39.7 Å². The van der Waals surface area contributed by atoms with E-state index in [-0.39, 0.29) is 12.3 Å². The lowest BCUT2D eigenvalue weighted by atomic mass is 10.2. The van der Waals surface area contributed by atoms with Crippen molar-refractivity contribution >= 4 is 5.91 Å². The van der Waals surface area contributed by atoms with Gasteiger partial charge in [-0.25, -0.2) is 0 Å². The van der Waals surface area contributed by atoms with E-state index in [2.05, 4.69) is 5.32 Å². The van der Waals surface area contributed by atoms with Gasteiger partial charge in [-0.05, 0) is 12.3 Å². The molecule has 0 bridgehead atoms. The predicted molar refractivity (Wildman–Crippen MR) is 48.8 cm³/mol. The molecule has 0 aliphatic rings. The first-order chi connectivity index (χ1) is 5.56. The zero-order valence-electron chi connectivity index (χ0n) is 8.13. The Kier molecular flexibility index (Phi) is 5.72. The first-order valence-electron chi connectivity index (χ1n) is 4.51. The number of aliphatic hydroxyl groups excluding tert-OH is 1. The van der Waals surface area contributed by atoms with Gasteiger partial charge in [-0.15, -0.1) is 0 Å². The maximum atomic E-state index is 11.0. The zero-order valence-corrected chi connectivity index (χ0v) is 8.13. The molecule has 0 aliphatic heterocycles. The summed E-state index contributed by atoms with van der Waals surface area (Å²) in [4.78, 5) is 11.0. The van der Waals surface area contributed by atoms with Crippen LogP contribution in [0.2, 0.25) is 0 Å². The number of carbonyl (C=O) groups excluding carboxylic acids is 1. The highest BCUT2D eigenvalue weighted by molar-refractivity contribution is 5.76. The van der Waals surface area contributed by atoms with Gasteiger partial charge in [-0.2, -0.15) is 0 Å². The van der Waals surface area contributed by atoms with Gasteiger partial charge in [0.1, 0.15) is 0 Å². The molecule has 0 radical (unpaired) electrons. The van der Waals surface area contributed by atoms with Gasteiger partial charge >= 0.3 is 0 Å². The first kappa shape index (κ1) is 11.4. The molecule has 0 saturated carbocycles. The largest absolute Gasteiger partial charge is 0.393 e. The predicted octanol–water partition coefficient (Wildman–Crippen LogP) is 0.920. The number of hydrogen-bond donors (Lipinski definition) is 2. The second-order valence-corrected chi connectivity index (χ2v) is 3.46. The van der Waals surface area contributed by atoms with E-state index in [1.54, 1.807) is 0 Å². The standard InChI is InChI=1S/C9H19NO2/c1-4-8(11)5-9(12)10-6-7(2)3/h7-8,11H,4-6H2,1-3H3,(H,10,12)/t8-/m0/s1. The molecule has 0 unspecified atom stereocenters. The van der Waals surface area contributed by atoms with Crippen molar-refractivity contribution in [2.24, 2.45) is 5.92 Å². The smallest absolute Gasteiger partial charge is 0.222 e. The SMILES string of the molecule is CC[C@H](O)CC(=O)NCC(C)C. The summed E-state index contributed by atoms with van der Waals surface area (Å²) in [6.07, 6.45) is 0.371. The molecule has 0 aromatic heterocycles. The lowest BCUT2D eigenvalue weighted by molar-refractivity contribution is -0.123. The normalized spacial score (nSPS) is 13.1. The Labute approximate surface area is 74.2 Å². The van der Waals surface area contributed by atoms with Crippen LogP contribution in [0.15, 0.2) is 0 Å². The van der Waals surface area contributed by atoms with Crippen molar-refractivity contribution in [3.05, 3.63) is 0 Å². The van der Waals surface area contributed by atoms with E-state index in [0.717, 1.165) is 0 Å². The molecule has 3 nitrogen and oxygen atoms in total. The van der Waals surface area contributed by atoms with Crippen molar-refractivity contribution in [2.75, 3.05) is 6.54 Å². The third-order valence-corrected chi connectivity index (χ3v) is 1.60. The van der Waals surface area contributed by atoms with Crippen LogP contribution in [-0.2, 0) is 4.79 Å². The van der Waals surface area contributed by atoms with Crippen LogP contribution in [0.25, 0.3) is 0 Å². The van der Waals surface area contributed by atoms with Crippen LogP contribution in [0.1, 0.15) is 33.6 Å². The third-order valence-electron chi connectivity index (χ3n) is 1.60. The highest BCUT2D eigenvalue weighted by Crippen LogP contribution is 1.96. The van der Waals surface area contributed by atoms with Crippen LogP contribution in [0.5, 0.6) is 0 Å². The summed E-state index contributed by atoms with van der Waals surface area (Å²) in [5.74, 6) is 0.408.